The molecule has 0 unspecified atom stereocenters. The lowest BCUT2D eigenvalue weighted by atomic mass is 10.0. The average Bonchev–Trinajstić information content (AvgIpc) is 2.59. The van der Waals surface area contributed by atoms with E-state index in [9.17, 15) is 8.78 Å². The highest BCUT2D eigenvalue weighted by Crippen LogP contribution is 2.26. The number of alkyl halides is 2. The highest BCUT2D eigenvalue weighted by atomic mass is 19.3. The van der Waals surface area contributed by atoms with Crippen LogP contribution in [0.3, 0.4) is 0 Å². The first-order valence-electron chi connectivity index (χ1n) is 5.61. The maximum absolute atomic E-state index is 12.1. The first-order chi connectivity index (χ1) is 8.06. The summed E-state index contributed by atoms with van der Waals surface area (Å²) in [6, 6.07) is 4.97. The number of hydrogen-bond acceptors (Lipinski definition) is 1. The Morgan fingerprint density at radius 1 is 1.29 bits per heavy atom. The molecule has 0 spiro atoms. The standard InChI is InChI=1S/C13H15F2NO/c1-8(2)5-9-7-16-12-4-3-10(6-11(9)12)17-13(14)15/h3-4,6-8,13,16H,5H2,1-2H3. The molecule has 0 saturated heterocycles. The Labute approximate surface area is 98.6 Å². The molecule has 0 radical (unpaired) electrons. The Balaban J connectivity index is 2.36. The summed E-state index contributed by atoms with van der Waals surface area (Å²) in [5, 5.41) is 0.955. The van der Waals surface area contributed by atoms with E-state index >= 15 is 0 Å². The van der Waals surface area contributed by atoms with Crippen molar-refractivity contribution < 1.29 is 13.5 Å². The summed E-state index contributed by atoms with van der Waals surface area (Å²) in [7, 11) is 0. The second-order valence-corrected chi connectivity index (χ2v) is 4.50. The summed E-state index contributed by atoms with van der Waals surface area (Å²) in [6.45, 7) is 1.47. The minimum atomic E-state index is -2.78. The molecule has 0 bridgehead atoms. The predicted molar refractivity (Wildman–Crippen MR) is 63.5 cm³/mol. The number of ether oxygens (including phenoxy) is 1. The monoisotopic (exact) mass is 239 g/mol. The van der Waals surface area contributed by atoms with Gasteiger partial charge in [-0.1, -0.05) is 13.8 Å². The fourth-order valence-electron chi connectivity index (χ4n) is 1.94. The van der Waals surface area contributed by atoms with Gasteiger partial charge in [-0.2, -0.15) is 8.78 Å². The van der Waals surface area contributed by atoms with Crippen LogP contribution >= 0.6 is 0 Å². The van der Waals surface area contributed by atoms with Crippen molar-refractivity contribution in [3.63, 3.8) is 0 Å². The van der Waals surface area contributed by atoms with Crippen LogP contribution < -0.4 is 4.74 Å². The van der Waals surface area contributed by atoms with Crippen LogP contribution in [0.5, 0.6) is 5.75 Å². The van der Waals surface area contributed by atoms with E-state index in [-0.39, 0.29) is 5.75 Å². The van der Waals surface area contributed by atoms with Gasteiger partial charge in [0.15, 0.2) is 0 Å². The van der Waals surface area contributed by atoms with Gasteiger partial charge in [-0.25, -0.2) is 0 Å². The van der Waals surface area contributed by atoms with Gasteiger partial charge in [0.1, 0.15) is 5.75 Å². The summed E-state index contributed by atoms with van der Waals surface area (Å²) in [4.78, 5) is 3.13. The fraction of sp³-hybridized carbons (Fsp3) is 0.385. The molecule has 92 valence electrons. The van der Waals surface area contributed by atoms with Crippen molar-refractivity contribution in [1.82, 2.24) is 4.98 Å². The van der Waals surface area contributed by atoms with E-state index in [0.29, 0.717) is 5.92 Å². The molecule has 1 aromatic heterocycles. The van der Waals surface area contributed by atoms with E-state index in [1.807, 2.05) is 6.20 Å². The second-order valence-electron chi connectivity index (χ2n) is 4.50. The van der Waals surface area contributed by atoms with Crippen LogP contribution in [0.1, 0.15) is 19.4 Å². The van der Waals surface area contributed by atoms with Gasteiger partial charge >= 0.3 is 6.61 Å². The number of benzene rings is 1. The lowest BCUT2D eigenvalue weighted by Gasteiger charge is -2.06. The molecule has 0 aliphatic rings. The molecule has 0 aliphatic carbocycles. The van der Waals surface area contributed by atoms with Gasteiger partial charge in [0, 0.05) is 17.1 Å². The summed E-state index contributed by atoms with van der Waals surface area (Å²) in [5.41, 5.74) is 2.08. The third kappa shape index (κ3) is 2.75. The molecule has 17 heavy (non-hydrogen) atoms. The van der Waals surface area contributed by atoms with Crippen molar-refractivity contribution in [2.45, 2.75) is 26.9 Å². The van der Waals surface area contributed by atoms with Crippen LogP contribution in [0.4, 0.5) is 8.78 Å². The first kappa shape index (κ1) is 11.9. The molecule has 2 nitrogen and oxygen atoms in total. The van der Waals surface area contributed by atoms with E-state index in [0.717, 1.165) is 22.9 Å². The van der Waals surface area contributed by atoms with Gasteiger partial charge in [-0.05, 0) is 36.1 Å². The number of halogens is 2. The number of rotatable bonds is 4. The molecule has 0 saturated carbocycles. The van der Waals surface area contributed by atoms with Crippen LogP contribution in [0, 0.1) is 5.92 Å². The summed E-state index contributed by atoms with van der Waals surface area (Å²) in [5.74, 6) is 0.728. The van der Waals surface area contributed by atoms with Crippen molar-refractivity contribution in [3.05, 3.63) is 30.0 Å². The van der Waals surface area contributed by atoms with E-state index in [1.54, 1.807) is 18.2 Å². The van der Waals surface area contributed by atoms with Crippen LogP contribution in [0.15, 0.2) is 24.4 Å². The van der Waals surface area contributed by atoms with Crippen molar-refractivity contribution in [3.8, 4) is 5.75 Å². The molecule has 0 atom stereocenters. The second kappa shape index (κ2) is 4.73. The fourth-order valence-corrected chi connectivity index (χ4v) is 1.94. The summed E-state index contributed by atoms with van der Waals surface area (Å²) in [6.07, 6.45) is 2.84. The van der Waals surface area contributed by atoms with Gasteiger partial charge in [0.05, 0.1) is 0 Å². The average molecular weight is 239 g/mol. The topological polar surface area (TPSA) is 25.0 Å². The van der Waals surface area contributed by atoms with E-state index in [1.165, 1.54) is 0 Å². The van der Waals surface area contributed by atoms with Crippen LogP contribution in [0.2, 0.25) is 0 Å². The van der Waals surface area contributed by atoms with Gasteiger partial charge in [0.2, 0.25) is 0 Å². The minimum Gasteiger partial charge on any atom is -0.435 e. The highest BCUT2D eigenvalue weighted by molar-refractivity contribution is 5.84. The summed E-state index contributed by atoms with van der Waals surface area (Å²) < 4.78 is 28.7. The molecule has 1 aromatic carbocycles. The zero-order valence-electron chi connectivity index (χ0n) is 9.84. The lowest BCUT2D eigenvalue weighted by molar-refractivity contribution is -0.0497. The minimum absolute atomic E-state index is 0.206. The number of fused-ring (bicyclic) bond motifs is 1. The van der Waals surface area contributed by atoms with Gasteiger partial charge in [-0.15, -0.1) is 0 Å². The molecule has 0 fully saturated rings. The Kier molecular flexibility index (Phi) is 3.31. The first-order valence-corrected chi connectivity index (χ1v) is 5.61. The SMILES string of the molecule is CC(C)Cc1c[nH]c2ccc(OC(F)F)cc12. The Bertz CT molecular complexity index is 505. The smallest absolute Gasteiger partial charge is 0.387 e. The lowest BCUT2D eigenvalue weighted by Crippen LogP contribution is -2.01. The van der Waals surface area contributed by atoms with Crippen molar-refractivity contribution in [1.29, 1.82) is 0 Å². The van der Waals surface area contributed by atoms with Crippen LogP contribution in [-0.2, 0) is 6.42 Å². The van der Waals surface area contributed by atoms with Gasteiger partial charge < -0.3 is 9.72 Å². The number of aromatic amines is 1. The Morgan fingerprint density at radius 2 is 2.06 bits per heavy atom. The molecular formula is C13H15F2NO. The normalized spacial score (nSPS) is 11.6. The van der Waals surface area contributed by atoms with E-state index in [4.69, 9.17) is 0 Å². The summed E-state index contributed by atoms with van der Waals surface area (Å²) >= 11 is 0. The Hall–Kier alpha value is -1.58. The van der Waals surface area contributed by atoms with E-state index < -0.39 is 6.61 Å². The molecule has 1 heterocycles. The molecule has 4 heteroatoms. The van der Waals surface area contributed by atoms with E-state index in [2.05, 4.69) is 23.6 Å². The third-order valence-electron chi connectivity index (χ3n) is 2.59. The number of aromatic nitrogens is 1. The molecule has 2 rings (SSSR count). The van der Waals surface area contributed by atoms with Crippen molar-refractivity contribution in [2.24, 2.45) is 5.92 Å². The third-order valence-corrected chi connectivity index (χ3v) is 2.59. The molecule has 2 aromatic rings. The van der Waals surface area contributed by atoms with Gasteiger partial charge in [0.25, 0.3) is 0 Å². The number of nitrogens with one attached hydrogen (secondary N) is 1. The zero-order valence-corrected chi connectivity index (χ0v) is 9.84. The molecule has 1 N–H and O–H groups in total. The predicted octanol–water partition coefficient (Wildman–Crippen LogP) is 3.97. The highest BCUT2D eigenvalue weighted by Gasteiger charge is 2.09. The van der Waals surface area contributed by atoms with Crippen LogP contribution in [0.25, 0.3) is 10.9 Å². The molecular weight excluding hydrogens is 224 g/mol. The molecule has 0 aliphatic heterocycles. The van der Waals surface area contributed by atoms with Crippen molar-refractivity contribution in [2.75, 3.05) is 0 Å². The quantitative estimate of drug-likeness (QED) is 0.858. The Morgan fingerprint density at radius 3 is 2.71 bits per heavy atom. The number of H-pyrrole nitrogens is 1. The van der Waals surface area contributed by atoms with Crippen LogP contribution in [-0.4, -0.2) is 11.6 Å². The maximum atomic E-state index is 12.1. The number of hydrogen-bond donors (Lipinski definition) is 1. The largest absolute Gasteiger partial charge is 0.435 e. The zero-order chi connectivity index (χ0) is 12.4. The van der Waals surface area contributed by atoms with Crippen molar-refractivity contribution >= 4 is 10.9 Å². The van der Waals surface area contributed by atoms with Gasteiger partial charge in [-0.3, -0.25) is 0 Å². The molecule has 0 amide bonds. The maximum Gasteiger partial charge on any atom is 0.387 e.